The van der Waals surface area contributed by atoms with Crippen LogP contribution in [0.3, 0.4) is 0 Å². The number of hydrogen-bond acceptors (Lipinski definition) is 3. The van der Waals surface area contributed by atoms with Crippen LogP contribution in [0.4, 0.5) is 34.1 Å². The molecule has 1 heterocycles. The van der Waals surface area contributed by atoms with E-state index in [0.717, 1.165) is 34.1 Å². The Morgan fingerprint density at radius 1 is 0.294 bits per heavy atom. The lowest BCUT2D eigenvalue weighted by Crippen LogP contribution is -2.17. The molecule has 51 heavy (non-hydrogen) atoms. The van der Waals surface area contributed by atoms with E-state index in [4.69, 9.17) is 0 Å². The van der Waals surface area contributed by atoms with Crippen molar-refractivity contribution in [3.05, 3.63) is 194 Å². The minimum atomic E-state index is 1.10. The van der Waals surface area contributed by atoms with E-state index in [1.54, 1.807) is 0 Å². The summed E-state index contributed by atoms with van der Waals surface area (Å²) in [6.07, 6.45) is 0. The quantitative estimate of drug-likeness (QED) is 0.174. The van der Waals surface area contributed by atoms with Crippen LogP contribution in [-0.4, -0.2) is 0 Å². The largest absolute Gasteiger partial charge is 0.308 e. The lowest BCUT2D eigenvalue weighted by Gasteiger charge is -2.33. The topological polar surface area (TPSA) is 6.48 Å². The van der Waals surface area contributed by atoms with Gasteiger partial charge in [0.25, 0.3) is 0 Å². The fourth-order valence-corrected chi connectivity index (χ4v) is 8.71. The van der Waals surface area contributed by atoms with E-state index in [2.05, 4.69) is 204 Å². The van der Waals surface area contributed by atoms with Crippen molar-refractivity contribution in [3.8, 4) is 0 Å². The molecule has 0 amide bonds. The number of fused-ring (bicyclic) bond motifs is 7. The summed E-state index contributed by atoms with van der Waals surface area (Å²) >= 11 is 1.87. The Balaban J connectivity index is 1.33. The highest BCUT2D eigenvalue weighted by Crippen LogP contribution is 2.51. The van der Waals surface area contributed by atoms with E-state index in [1.807, 2.05) is 11.3 Å². The first-order valence-electron chi connectivity index (χ1n) is 17.3. The fourth-order valence-electron chi connectivity index (χ4n) is 7.57. The summed E-state index contributed by atoms with van der Waals surface area (Å²) in [5, 5.41) is 9.98. The Hall–Kier alpha value is -6.42. The minimum Gasteiger partial charge on any atom is -0.308 e. The molecule has 0 aliphatic rings. The van der Waals surface area contributed by atoms with Gasteiger partial charge in [-0.25, -0.2) is 0 Å². The van der Waals surface area contributed by atoms with Crippen molar-refractivity contribution in [1.82, 2.24) is 0 Å². The average Bonchev–Trinajstić information content (AvgIpc) is 3.57. The standard InChI is InChI=1S/C48H32N2S/c1-3-18-38(19-4-1)49(40-26-23-33-13-7-9-16-36(33)29-40)44-31-43-47(51-46-28-25-35-15-11-12-22-42(35)48(43)46)32-45(44)50(39-20-5-2-6-21-39)41-27-24-34-14-8-10-17-37(34)30-41/h1-32H. The molecule has 240 valence electrons. The molecule has 0 aliphatic carbocycles. The summed E-state index contributed by atoms with van der Waals surface area (Å²) in [5.41, 5.74) is 6.64. The maximum Gasteiger partial charge on any atom is 0.0716 e. The Labute approximate surface area is 300 Å². The van der Waals surface area contributed by atoms with Gasteiger partial charge in [0.1, 0.15) is 0 Å². The monoisotopic (exact) mass is 668 g/mol. The molecule has 1 aromatic heterocycles. The van der Waals surface area contributed by atoms with Crippen LogP contribution in [0, 0.1) is 0 Å². The van der Waals surface area contributed by atoms with Crippen molar-refractivity contribution >= 4 is 98.0 Å². The van der Waals surface area contributed by atoms with E-state index in [9.17, 15) is 0 Å². The first kappa shape index (κ1) is 29.5. The Kier molecular flexibility index (Phi) is 7.04. The zero-order valence-corrected chi connectivity index (χ0v) is 28.6. The number of rotatable bonds is 6. The van der Waals surface area contributed by atoms with Crippen LogP contribution in [0.5, 0.6) is 0 Å². The van der Waals surface area contributed by atoms with Gasteiger partial charge < -0.3 is 9.80 Å². The second kappa shape index (κ2) is 12.2. The maximum atomic E-state index is 2.44. The molecule has 0 unspecified atom stereocenters. The van der Waals surface area contributed by atoms with Crippen LogP contribution >= 0.6 is 11.3 Å². The van der Waals surface area contributed by atoms with Gasteiger partial charge in [-0.15, -0.1) is 11.3 Å². The van der Waals surface area contributed by atoms with Crippen molar-refractivity contribution in [2.45, 2.75) is 0 Å². The van der Waals surface area contributed by atoms with Gasteiger partial charge in [-0.3, -0.25) is 0 Å². The second-order valence-electron chi connectivity index (χ2n) is 13.0. The molecule has 0 radical (unpaired) electrons. The average molecular weight is 669 g/mol. The first-order valence-corrected chi connectivity index (χ1v) is 18.2. The molecule has 0 spiro atoms. The molecular formula is C48H32N2S. The van der Waals surface area contributed by atoms with Crippen molar-refractivity contribution in [2.75, 3.05) is 9.80 Å². The van der Waals surface area contributed by atoms with E-state index >= 15 is 0 Å². The van der Waals surface area contributed by atoms with Crippen LogP contribution in [0.25, 0.3) is 52.5 Å². The normalized spacial score (nSPS) is 11.5. The minimum absolute atomic E-state index is 1.10. The molecule has 0 atom stereocenters. The van der Waals surface area contributed by atoms with Gasteiger partial charge in [-0.05, 0) is 99.0 Å². The van der Waals surface area contributed by atoms with E-state index in [1.165, 1.54) is 52.5 Å². The summed E-state index contributed by atoms with van der Waals surface area (Å²) in [7, 11) is 0. The van der Waals surface area contributed by atoms with Gasteiger partial charge in [0.2, 0.25) is 0 Å². The predicted molar refractivity (Wildman–Crippen MR) is 221 cm³/mol. The third-order valence-electron chi connectivity index (χ3n) is 9.95. The fraction of sp³-hybridized carbons (Fsp3) is 0. The molecule has 9 aromatic carbocycles. The molecule has 0 fully saturated rings. The molecule has 0 bridgehead atoms. The lowest BCUT2D eigenvalue weighted by atomic mass is 10.0. The summed E-state index contributed by atoms with van der Waals surface area (Å²) in [4.78, 5) is 4.87. The zero-order valence-electron chi connectivity index (χ0n) is 27.8. The van der Waals surface area contributed by atoms with Crippen molar-refractivity contribution in [1.29, 1.82) is 0 Å². The van der Waals surface area contributed by atoms with E-state index in [-0.39, 0.29) is 0 Å². The number of hydrogen-bond donors (Lipinski definition) is 0. The smallest absolute Gasteiger partial charge is 0.0716 e. The van der Waals surface area contributed by atoms with Crippen LogP contribution in [0.2, 0.25) is 0 Å². The maximum absolute atomic E-state index is 2.44. The predicted octanol–water partition coefficient (Wildman–Crippen LogP) is 14.5. The second-order valence-corrected chi connectivity index (χ2v) is 14.1. The molecule has 0 saturated heterocycles. The van der Waals surface area contributed by atoms with Crippen LogP contribution in [-0.2, 0) is 0 Å². The van der Waals surface area contributed by atoms with Gasteiger partial charge in [-0.2, -0.15) is 0 Å². The molecule has 0 N–H and O–H groups in total. The number of para-hydroxylation sites is 2. The number of thiophene rings is 1. The highest BCUT2D eigenvalue weighted by Gasteiger charge is 2.25. The summed E-state index contributed by atoms with van der Waals surface area (Å²) in [6, 6.07) is 70.6. The molecule has 10 aromatic rings. The number of nitrogens with zero attached hydrogens (tertiary/aromatic N) is 2. The van der Waals surface area contributed by atoms with Gasteiger partial charge in [0.05, 0.1) is 11.4 Å². The summed E-state index contributed by atoms with van der Waals surface area (Å²) in [5.74, 6) is 0. The van der Waals surface area contributed by atoms with Crippen LogP contribution in [0.15, 0.2) is 194 Å². The number of anilines is 6. The van der Waals surface area contributed by atoms with Crippen LogP contribution in [0.1, 0.15) is 0 Å². The third kappa shape index (κ3) is 5.10. The van der Waals surface area contributed by atoms with Crippen molar-refractivity contribution in [3.63, 3.8) is 0 Å². The Morgan fingerprint density at radius 2 is 0.765 bits per heavy atom. The van der Waals surface area contributed by atoms with Crippen LogP contribution < -0.4 is 9.80 Å². The van der Waals surface area contributed by atoms with E-state index < -0.39 is 0 Å². The Morgan fingerprint density at radius 3 is 1.35 bits per heavy atom. The molecule has 3 heteroatoms. The Bertz CT molecular complexity index is 2880. The van der Waals surface area contributed by atoms with Crippen molar-refractivity contribution < 1.29 is 0 Å². The lowest BCUT2D eigenvalue weighted by molar-refractivity contribution is 1.24. The van der Waals surface area contributed by atoms with Gasteiger partial charge in [0, 0.05) is 42.9 Å². The highest BCUT2D eigenvalue weighted by molar-refractivity contribution is 7.26. The van der Waals surface area contributed by atoms with E-state index in [0.29, 0.717) is 0 Å². The molecule has 10 rings (SSSR count). The SMILES string of the molecule is c1ccc(N(c2ccc3ccccc3c2)c2cc3sc4ccc5ccccc5c4c3cc2N(c2ccccc2)c2ccc3ccccc3c2)cc1. The first-order chi connectivity index (χ1) is 25.3. The summed E-state index contributed by atoms with van der Waals surface area (Å²) in [6.45, 7) is 0. The molecule has 0 aliphatic heterocycles. The summed E-state index contributed by atoms with van der Waals surface area (Å²) < 4.78 is 2.55. The third-order valence-corrected chi connectivity index (χ3v) is 11.1. The molecule has 0 saturated carbocycles. The molecule has 2 nitrogen and oxygen atoms in total. The van der Waals surface area contributed by atoms with Crippen molar-refractivity contribution in [2.24, 2.45) is 0 Å². The van der Waals surface area contributed by atoms with Gasteiger partial charge in [-0.1, -0.05) is 127 Å². The van der Waals surface area contributed by atoms with Gasteiger partial charge in [0.15, 0.2) is 0 Å². The molecular weight excluding hydrogens is 637 g/mol. The number of benzene rings is 9. The zero-order chi connectivity index (χ0) is 33.7. The highest BCUT2D eigenvalue weighted by atomic mass is 32.1. The van der Waals surface area contributed by atoms with Gasteiger partial charge >= 0.3 is 0 Å².